The van der Waals surface area contributed by atoms with E-state index < -0.39 is 12.0 Å². The topological polar surface area (TPSA) is 66.4 Å². The third-order valence-corrected chi connectivity index (χ3v) is 2.29. The first-order chi connectivity index (χ1) is 7.26. The van der Waals surface area contributed by atoms with E-state index in [1.54, 1.807) is 0 Å². The lowest BCUT2D eigenvalue weighted by molar-refractivity contribution is -0.142. The van der Waals surface area contributed by atoms with Gasteiger partial charge in [-0.2, -0.15) is 0 Å². The van der Waals surface area contributed by atoms with Crippen LogP contribution in [0.2, 0.25) is 0 Å². The zero-order valence-electron chi connectivity index (χ0n) is 10.7. The number of carbonyl (C=O) groups is 2. The lowest BCUT2D eigenvalue weighted by Gasteiger charge is -2.21. The Morgan fingerprint density at radius 3 is 2.25 bits per heavy atom. The highest BCUT2D eigenvalue weighted by Gasteiger charge is 2.22. The van der Waals surface area contributed by atoms with Crippen LogP contribution >= 0.6 is 0 Å². The summed E-state index contributed by atoms with van der Waals surface area (Å²) in [7, 11) is 0. The van der Waals surface area contributed by atoms with E-state index in [4.69, 9.17) is 5.11 Å². The molecule has 0 saturated heterocycles. The fraction of sp³-hybridized carbons (Fsp3) is 0.833. The van der Waals surface area contributed by atoms with Gasteiger partial charge in [-0.1, -0.05) is 27.7 Å². The number of nitrogens with one attached hydrogen (secondary N) is 1. The van der Waals surface area contributed by atoms with Crippen molar-refractivity contribution in [2.75, 3.05) is 0 Å². The van der Waals surface area contributed by atoms with E-state index in [1.165, 1.54) is 0 Å². The minimum atomic E-state index is -0.950. The Kier molecular flexibility index (Phi) is 6.08. The molecule has 0 heterocycles. The van der Waals surface area contributed by atoms with Gasteiger partial charge in [0.15, 0.2) is 0 Å². The van der Waals surface area contributed by atoms with Crippen LogP contribution in [0, 0.1) is 5.41 Å². The summed E-state index contributed by atoms with van der Waals surface area (Å²) in [5.41, 5.74) is 0.0865. The number of carbonyl (C=O) groups excluding carboxylic acids is 1. The Morgan fingerprint density at radius 1 is 1.31 bits per heavy atom. The van der Waals surface area contributed by atoms with Crippen LogP contribution in [0.1, 0.15) is 53.4 Å². The second kappa shape index (κ2) is 6.51. The normalized spacial score (nSPS) is 13.2. The number of carboxylic acid groups (broad SMARTS) is 1. The minimum Gasteiger partial charge on any atom is -0.480 e. The van der Waals surface area contributed by atoms with Gasteiger partial charge >= 0.3 is 5.97 Å². The molecule has 0 aliphatic rings. The van der Waals surface area contributed by atoms with Crippen molar-refractivity contribution in [3.05, 3.63) is 0 Å². The highest BCUT2D eigenvalue weighted by Crippen LogP contribution is 2.21. The number of aliphatic carboxylic acids is 1. The van der Waals surface area contributed by atoms with E-state index in [0.717, 1.165) is 12.8 Å². The first kappa shape index (κ1) is 14.9. The number of amides is 1. The Labute approximate surface area is 97.4 Å². The second-order valence-corrected chi connectivity index (χ2v) is 5.31. The maximum absolute atomic E-state index is 11.3. The fourth-order valence-corrected chi connectivity index (χ4v) is 1.33. The number of hydrogen-bond donors (Lipinski definition) is 2. The zero-order chi connectivity index (χ0) is 12.8. The van der Waals surface area contributed by atoms with E-state index >= 15 is 0 Å². The van der Waals surface area contributed by atoms with Crippen LogP contribution in [0.5, 0.6) is 0 Å². The molecular formula is C12H23NO3. The van der Waals surface area contributed by atoms with Gasteiger partial charge in [0.1, 0.15) is 6.04 Å². The van der Waals surface area contributed by atoms with Gasteiger partial charge in [-0.3, -0.25) is 4.79 Å². The lowest BCUT2D eigenvalue weighted by Crippen LogP contribution is -2.41. The fourth-order valence-electron chi connectivity index (χ4n) is 1.33. The molecule has 0 spiro atoms. The summed E-state index contributed by atoms with van der Waals surface area (Å²) in [6, 6.07) is -0.752. The van der Waals surface area contributed by atoms with Crippen molar-refractivity contribution in [3.8, 4) is 0 Å². The summed E-state index contributed by atoms with van der Waals surface area (Å²) in [4.78, 5) is 22.2. The third-order valence-electron chi connectivity index (χ3n) is 2.29. The standard InChI is InChI=1S/C12H23NO3/c1-5-6-10(14)13-9(11(15)16)7-8-12(2,3)4/h9H,5-8H2,1-4H3,(H,13,14)(H,15,16). The highest BCUT2D eigenvalue weighted by molar-refractivity contribution is 5.83. The first-order valence-electron chi connectivity index (χ1n) is 5.78. The molecule has 0 fully saturated rings. The van der Waals surface area contributed by atoms with Crippen LogP contribution in [0.15, 0.2) is 0 Å². The van der Waals surface area contributed by atoms with Gasteiger partial charge in [0.25, 0.3) is 0 Å². The molecule has 0 aromatic rings. The highest BCUT2D eigenvalue weighted by atomic mass is 16.4. The Hall–Kier alpha value is -1.06. The minimum absolute atomic E-state index is 0.0865. The van der Waals surface area contributed by atoms with Crippen LogP contribution in [0.4, 0.5) is 0 Å². The van der Waals surface area contributed by atoms with E-state index in [2.05, 4.69) is 26.1 Å². The Balaban J connectivity index is 4.18. The van der Waals surface area contributed by atoms with Gasteiger partial charge in [0.05, 0.1) is 0 Å². The van der Waals surface area contributed by atoms with Crippen molar-refractivity contribution >= 4 is 11.9 Å². The molecule has 0 saturated carbocycles. The van der Waals surface area contributed by atoms with Crippen LogP contribution in [0.25, 0.3) is 0 Å². The largest absolute Gasteiger partial charge is 0.480 e. The van der Waals surface area contributed by atoms with E-state index in [-0.39, 0.29) is 11.3 Å². The molecule has 0 bridgehead atoms. The van der Waals surface area contributed by atoms with Crippen LogP contribution in [-0.4, -0.2) is 23.0 Å². The molecule has 1 unspecified atom stereocenters. The van der Waals surface area contributed by atoms with Crippen molar-refractivity contribution in [3.63, 3.8) is 0 Å². The maximum atomic E-state index is 11.3. The quantitative estimate of drug-likeness (QED) is 0.733. The third kappa shape index (κ3) is 7.26. The van der Waals surface area contributed by atoms with Crippen LogP contribution < -0.4 is 5.32 Å². The molecule has 16 heavy (non-hydrogen) atoms. The number of rotatable bonds is 6. The predicted octanol–water partition coefficient (Wildman–Crippen LogP) is 2.18. The van der Waals surface area contributed by atoms with Crippen molar-refractivity contribution < 1.29 is 14.7 Å². The van der Waals surface area contributed by atoms with Crippen molar-refractivity contribution in [1.82, 2.24) is 5.32 Å². The molecule has 0 aromatic carbocycles. The van der Waals surface area contributed by atoms with Gasteiger partial charge in [-0.15, -0.1) is 0 Å². The smallest absolute Gasteiger partial charge is 0.326 e. The SMILES string of the molecule is CCCC(=O)NC(CCC(C)(C)C)C(=O)O. The van der Waals surface area contributed by atoms with Gasteiger partial charge in [-0.05, 0) is 24.7 Å². The van der Waals surface area contributed by atoms with Crippen molar-refractivity contribution in [2.45, 2.75) is 59.4 Å². The molecule has 4 nitrogen and oxygen atoms in total. The molecule has 1 amide bonds. The van der Waals surface area contributed by atoms with Crippen molar-refractivity contribution in [2.24, 2.45) is 5.41 Å². The average Bonchev–Trinajstić information content (AvgIpc) is 2.10. The first-order valence-corrected chi connectivity index (χ1v) is 5.78. The number of carboxylic acids is 1. The van der Waals surface area contributed by atoms with Crippen molar-refractivity contribution in [1.29, 1.82) is 0 Å². The molecule has 0 rings (SSSR count). The van der Waals surface area contributed by atoms with E-state index in [0.29, 0.717) is 12.8 Å². The molecule has 0 radical (unpaired) electrons. The molecular weight excluding hydrogens is 206 g/mol. The second-order valence-electron chi connectivity index (χ2n) is 5.31. The maximum Gasteiger partial charge on any atom is 0.326 e. The Morgan fingerprint density at radius 2 is 1.88 bits per heavy atom. The van der Waals surface area contributed by atoms with Gasteiger partial charge in [0.2, 0.25) is 5.91 Å². The molecule has 1 atom stereocenters. The lowest BCUT2D eigenvalue weighted by atomic mass is 9.88. The zero-order valence-corrected chi connectivity index (χ0v) is 10.7. The molecule has 0 aromatic heterocycles. The van der Waals surface area contributed by atoms with Crippen LogP contribution in [-0.2, 0) is 9.59 Å². The van der Waals surface area contributed by atoms with Gasteiger partial charge in [-0.25, -0.2) is 4.79 Å². The molecule has 0 aliphatic carbocycles. The summed E-state index contributed by atoms with van der Waals surface area (Å²) < 4.78 is 0. The summed E-state index contributed by atoms with van der Waals surface area (Å²) in [5.74, 6) is -1.13. The monoisotopic (exact) mass is 229 g/mol. The molecule has 4 heteroatoms. The summed E-state index contributed by atoms with van der Waals surface area (Å²) in [6.07, 6.45) is 2.38. The molecule has 2 N–H and O–H groups in total. The number of hydrogen-bond acceptors (Lipinski definition) is 2. The van der Waals surface area contributed by atoms with Gasteiger partial charge in [0, 0.05) is 6.42 Å². The predicted molar refractivity (Wildman–Crippen MR) is 63.2 cm³/mol. The van der Waals surface area contributed by atoms with Gasteiger partial charge < -0.3 is 10.4 Å². The van der Waals surface area contributed by atoms with E-state index in [9.17, 15) is 9.59 Å². The summed E-state index contributed by atoms with van der Waals surface area (Å²) in [5, 5.41) is 11.5. The van der Waals surface area contributed by atoms with Crippen LogP contribution in [0.3, 0.4) is 0 Å². The molecule has 94 valence electrons. The summed E-state index contributed by atoms with van der Waals surface area (Å²) in [6.45, 7) is 8.06. The average molecular weight is 229 g/mol. The molecule has 0 aliphatic heterocycles. The summed E-state index contributed by atoms with van der Waals surface area (Å²) >= 11 is 0. The van der Waals surface area contributed by atoms with E-state index in [1.807, 2.05) is 6.92 Å². The Bertz CT molecular complexity index is 243.